The summed E-state index contributed by atoms with van der Waals surface area (Å²) in [6.45, 7) is 0. The lowest BCUT2D eigenvalue weighted by molar-refractivity contribution is 0.441. The third-order valence-corrected chi connectivity index (χ3v) is 2.91. The molecule has 0 saturated carbocycles. The second kappa shape index (κ2) is 5.38. The standard InChI is InChI=1S/C13H6BrClFNO/c14-9-2-4-12(11(16)5-9)18-13-6-10(15)3-1-8(13)7-17/h1-6H. The van der Waals surface area contributed by atoms with E-state index in [0.717, 1.165) is 0 Å². The van der Waals surface area contributed by atoms with Gasteiger partial charge in [-0.15, -0.1) is 0 Å². The van der Waals surface area contributed by atoms with Gasteiger partial charge < -0.3 is 4.74 Å². The van der Waals surface area contributed by atoms with Crippen molar-refractivity contribution in [2.24, 2.45) is 0 Å². The van der Waals surface area contributed by atoms with Gasteiger partial charge in [0, 0.05) is 15.6 Å². The lowest BCUT2D eigenvalue weighted by Crippen LogP contribution is -1.91. The minimum Gasteiger partial charge on any atom is -0.453 e. The molecule has 2 aromatic rings. The summed E-state index contributed by atoms with van der Waals surface area (Å²) in [5.41, 5.74) is 0.293. The first-order valence-electron chi connectivity index (χ1n) is 4.92. The highest BCUT2D eigenvalue weighted by atomic mass is 79.9. The van der Waals surface area contributed by atoms with Gasteiger partial charge in [-0.2, -0.15) is 5.26 Å². The lowest BCUT2D eigenvalue weighted by Gasteiger charge is -2.08. The van der Waals surface area contributed by atoms with E-state index in [1.165, 1.54) is 24.3 Å². The van der Waals surface area contributed by atoms with Crippen LogP contribution in [-0.2, 0) is 0 Å². The fourth-order valence-corrected chi connectivity index (χ4v) is 1.84. The van der Waals surface area contributed by atoms with Crippen LogP contribution >= 0.6 is 27.5 Å². The fourth-order valence-electron chi connectivity index (χ4n) is 1.35. The van der Waals surface area contributed by atoms with Crippen LogP contribution in [0.5, 0.6) is 11.5 Å². The minimum atomic E-state index is -0.520. The maximum absolute atomic E-state index is 13.6. The number of hydrogen-bond acceptors (Lipinski definition) is 2. The van der Waals surface area contributed by atoms with Crippen molar-refractivity contribution in [3.63, 3.8) is 0 Å². The molecule has 0 aliphatic rings. The molecule has 2 rings (SSSR count). The second-order valence-electron chi connectivity index (χ2n) is 3.43. The zero-order chi connectivity index (χ0) is 13.1. The van der Waals surface area contributed by atoms with Crippen LogP contribution in [0, 0.1) is 17.1 Å². The van der Waals surface area contributed by atoms with Crippen LogP contribution in [-0.4, -0.2) is 0 Å². The Labute approximate surface area is 117 Å². The van der Waals surface area contributed by atoms with Crippen molar-refractivity contribution >= 4 is 27.5 Å². The van der Waals surface area contributed by atoms with Crippen molar-refractivity contribution in [1.29, 1.82) is 5.26 Å². The molecule has 0 radical (unpaired) electrons. The van der Waals surface area contributed by atoms with Gasteiger partial charge in [0.15, 0.2) is 11.6 Å². The number of rotatable bonds is 2. The summed E-state index contributed by atoms with van der Waals surface area (Å²) >= 11 is 8.97. The third kappa shape index (κ3) is 2.81. The topological polar surface area (TPSA) is 33.0 Å². The van der Waals surface area contributed by atoms with E-state index < -0.39 is 5.82 Å². The van der Waals surface area contributed by atoms with Crippen LogP contribution in [0.25, 0.3) is 0 Å². The van der Waals surface area contributed by atoms with Gasteiger partial charge in [-0.1, -0.05) is 27.5 Å². The summed E-state index contributed by atoms with van der Waals surface area (Å²) in [7, 11) is 0. The van der Waals surface area contributed by atoms with Gasteiger partial charge in [0.25, 0.3) is 0 Å². The lowest BCUT2D eigenvalue weighted by atomic mass is 10.2. The van der Waals surface area contributed by atoms with E-state index in [4.69, 9.17) is 21.6 Å². The van der Waals surface area contributed by atoms with Crippen molar-refractivity contribution in [2.75, 3.05) is 0 Å². The molecule has 0 amide bonds. The molecular weight excluding hydrogens is 321 g/mol. The molecule has 0 atom stereocenters. The molecule has 0 saturated heterocycles. The number of nitrogens with zero attached hydrogens (tertiary/aromatic N) is 1. The monoisotopic (exact) mass is 325 g/mol. The zero-order valence-corrected chi connectivity index (χ0v) is 11.3. The molecule has 0 bridgehead atoms. The van der Waals surface area contributed by atoms with Crippen LogP contribution in [0.3, 0.4) is 0 Å². The normalized spacial score (nSPS) is 9.89. The molecule has 0 aromatic heterocycles. The predicted octanol–water partition coefficient (Wildman–Crippen LogP) is 4.91. The Morgan fingerprint density at radius 1 is 1.17 bits per heavy atom. The molecule has 0 aliphatic carbocycles. The first kappa shape index (κ1) is 12.9. The molecule has 0 fully saturated rings. The van der Waals surface area contributed by atoms with Crippen LogP contribution < -0.4 is 4.74 Å². The summed E-state index contributed by atoms with van der Waals surface area (Å²) < 4.78 is 19.6. The quantitative estimate of drug-likeness (QED) is 0.786. The van der Waals surface area contributed by atoms with E-state index in [1.54, 1.807) is 12.1 Å². The molecule has 18 heavy (non-hydrogen) atoms. The maximum atomic E-state index is 13.6. The molecule has 2 aromatic carbocycles. The molecular formula is C13H6BrClFNO. The molecule has 90 valence electrons. The summed E-state index contributed by atoms with van der Waals surface area (Å²) in [5.74, 6) is -0.253. The zero-order valence-electron chi connectivity index (χ0n) is 8.95. The van der Waals surface area contributed by atoms with E-state index in [2.05, 4.69) is 15.9 Å². The van der Waals surface area contributed by atoms with E-state index in [9.17, 15) is 4.39 Å². The Bertz CT molecular complexity index is 639. The van der Waals surface area contributed by atoms with Crippen molar-refractivity contribution in [2.45, 2.75) is 0 Å². The Morgan fingerprint density at radius 2 is 1.94 bits per heavy atom. The largest absolute Gasteiger partial charge is 0.453 e. The SMILES string of the molecule is N#Cc1ccc(Cl)cc1Oc1ccc(Br)cc1F. The van der Waals surface area contributed by atoms with Crippen LogP contribution in [0.2, 0.25) is 5.02 Å². The van der Waals surface area contributed by atoms with Crippen LogP contribution in [0.4, 0.5) is 4.39 Å². The smallest absolute Gasteiger partial charge is 0.166 e. The van der Waals surface area contributed by atoms with Gasteiger partial charge in [-0.3, -0.25) is 0 Å². The molecule has 0 unspecified atom stereocenters. The third-order valence-electron chi connectivity index (χ3n) is 2.18. The number of nitriles is 1. The van der Waals surface area contributed by atoms with Gasteiger partial charge in [0.1, 0.15) is 11.8 Å². The molecule has 5 heteroatoms. The van der Waals surface area contributed by atoms with E-state index in [0.29, 0.717) is 15.1 Å². The number of hydrogen-bond donors (Lipinski definition) is 0. The van der Waals surface area contributed by atoms with Crippen LogP contribution in [0.15, 0.2) is 40.9 Å². The van der Waals surface area contributed by atoms with Gasteiger partial charge in [-0.05, 0) is 30.3 Å². The molecule has 2 nitrogen and oxygen atoms in total. The highest BCUT2D eigenvalue weighted by molar-refractivity contribution is 9.10. The minimum absolute atomic E-state index is 0.0389. The highest BCUT2D eigenvalue weighted by Gasteiger charge is 2.09. The maximum Gasteiger partial charge on any atom is 0.166 e. The predicted molar refractivity (Wildman–Crippen MR) is 70.3 cm³/mol. The highest BCUT2D eigenvalue weighted by Crippen LogP contribution is 2.30. The van der Waals surface area contributed by atoms with E-state index in [-0.39, 0.29) is 11.5 Å². The van der Waals surface area contributed by atoms with Crippen LogP contribution in [0.1, 0.15) is 5.56 Å². The molecule has 0 spiro atoms. The van der Waals surface area contributed by atoms with Gasteiger partial charge in [0.2, 0.25) is 0 Å². The first-order valence-corrected chi connectivity index (χ1v) is 6.10. The summed E-state index contributed by atoms with van der Waals surface area (Å²) in [6.07, 6.45) is 0. The Hall–Kier alpha value is -1.57. The number of benzene rings is 2. The van der Waals surface area contributed by atoms with E-state index >= 15 is 0 Å². The van der Waals surface area contributed by atoms with E-state index in [1.807, 2.05) is 6.07 Å². The average Bonchev–Trinajstić information content (AvgIpc) is 2.33. The summed E-state index contributed by atoms with van der Waals surface area (Å²) in [6, 6.07) is 10.9. The fraction of sp³-hybridized carbons (Fsp3) is 0. The molecule has 0 N–H and O–H groups in total. The second-order valence-corrected chi connectivity index (χ2v) is 4.78. The summed E-state index contributed by atoms with van der Waals surface area (Å²) in [5, 5.41) is 9.34. The first-order chi connectivity index (χ1) is 8.60. The van der Waals surface area contributed by atoms with Gasteiger partial charge >= 0.3 is 0 Å². The number of halogens is 3. The number of ether oxygens (including phenoxy) is 1. The van der Waals surface area contributed by atoms with Gasteiger partial charge in [0.05, 0.1) is 5.56 Å². The van der Waals surface area contributed by atoms with Crippen molar-refractivity contribution in [1.82, 2.24) is 0 Å². The Kier molecular flexibility index (Phi) is 3.85. The Balaban J connectivity index is 2.40. The van der Waals surface area contributed by atoms with Crippen molar-refractivity contribution in [3.05, 3.63) is 57.3 Å². The summed E-state index contributed by atoms with van der Waals surface area (Å²) in [4.78, 5) is 0. The Morgan fingerprint density at radius 3 is 2.61 bits per heavy atom. The van der Waals surface area contributed by atoms with Crippen molar-refractivity contribution < 1.29 is 9.13 Å². The van der Waals surface area contributed by atoms with Crippen molar-refractivity contribution in [3.8, 4) is 17.6 Å². The molecule has 0 aliphatic heterocycles. The van der Waals surface area contributed by atoms with Gasteiger partial charge in [-0.25, -0.2) is 4.39 Å². The molecule has 0 heterocycles. The average molecular weight is 327 g/mol.